The number of carboxylic acid groups (broad SMARTS) is 1. The van der Waals surface area contributed by atoms with Crippen molar-refractivity contribution in [1.29, 1.82) is 0 Å². The number of imidazole rings is 1. The summed E-state index contributed by atoms with van der Waals surface area (Å²) >= 11 is 0. The number of pyridine rings is 1. The van der Waals surface area contributed by atoms with Gasteiger partial charge >= 0.3 is 35.5 Å². The first-order valence-corrected chi connectivity index (χ1v) is 13.4. The summed E-state index contributed by atoms with van der Waals surface area (Å²) in [4.78, 5) is 19.6. The summed E-state index contributed by atoms with van der Waals surface area (Å²) in [5.74, 6) is -0.975. The molecule has 0 saturated carbocycles. The van der Waals surface area contributed by atoms with Gasteiger partial charge in [0, 0.05) is 48.4 Å². The van der Waals surface area contributed by atoms with Crippen LogP contribution in [0.15, 0.2) is 85.2 Å². The van der Waals surface area contributed by atoms with Crippen molar-refractivity contribution in [3.63, 3.8) is 0 Å². The van der Waals surface area contributed by atoms with Crippen LogP contribution >= 0.6 is 0 Å². The Balaban J connectivity index is 0.00000202. The molecule has 0 fully saturated rings. The van der Waals surface area contributed by atoms with Gasteiger partial charge in [-0.15, -0.1) is 0 Å². The van der Waals surface area contributed by atoms with E-state index in [-0.39, 0.29) is 36.5 Å². The third-order valence-corrected chi connectivity index (χ3v) is 7.56. The van der Waals surface area contributed by atoms with Gasteiger partial charge in [0.2, 0.25) is 0 Å². The van der Waals surface area contributed by atoms with E-state index in [1.54, 1.807) is 0 Å². The standard InChI is InChI=1S/C33H32N4O3.Na.H/c1-21-9-8-12-27-30(21)23(18-36(27)20-24(38)19-35(2)3)17-28-32(34-29-13-6-7-16-37(28)29)26-15-14-22-10-4-5-11-25(22)31(26)33(39)40;;/h4-16,18,24,38H,17,19-20H2,1-3H3,(H,39,40);;/q;+1;-1. The third kappa shape index (κ3) is 5.44. The largest absolute Gasteiger partial charge is 1.00 e. The van der Waals surface area contributed by atoms with Crippen LogP contribution in [0.1, 0.15) is 28.6 Å². The van der Waals surface area contributed by atoms with E-state index in [2.05, 4.69) is 34.2 Å². The summed E-state index contributed by atoms with van der Waals surface area (Å²) in [5, 5.41) is 23.8. The molecule has 41 heavy (non-hydrogen) atoms. The smallest absolute Gasteiger partial charge is 1.00 e. The van der Waals surface area contributed by atoms with Crippen LogP contribution in [-0.2, 0) is 13.0 Å². The first-order valence-electron chi connectivity index (χ1n) is 13.4. The van der Waals surface area contributed by atoms with Gasteiger partial charge in [0.1, 0.15) is 5.65 Å². The van der Waals surface area contributed by atoms with Crippen molar-refractivity contribution in [2.45, 2.75) is 26.0 Å². The average Bonchev–Trinajstić information content (AvgIpc) is 3.46. The number of likely N-dealkylation sites (N-methyl/N-ethyl adjacent to an activating group) is 1. The third-order valence-electron chi connectivity index (χ3n) is 7.56. The normalized spacial score (nSPS) is 12.3. The molecule has 2 N–H and O–H groups in total. The van der Waals surface area contributed by atoms with Crippen molar-refractivity contribution in [3.8, 4) is 11.3 Å². The van der Waals surface area contributed by atoms with Gasteiger partial charge in [-0.1, -0.05) is 54.6 Å². The summed E-state index contributed by atoms with van der Waals surface area (Å²) in [6, 6.07) is 23.5. The molecule has 3 aromatic heterocycles. The number of aryl methyl sites for hydroxylation is 1. The number of hydrogen-bond donors (Lipinski definition) is 2. The molecule has 3 heterocycles. The van der Waals surface area contributed by atoms with Crippen molar-refractivity contribution in [2.75, 3.05) is 20.6 Å². The van der Waals surface area contributed by atoms with Crippen LogP contribution < -0.4 is 29.6 Å². The number of rotatable bonds is 8. The SMILES string of the molecule is Cc1cccc2c1c(Cc1c(-c3ccc4ccccc4c3C(=O)O)nc3ccccn13)cn2CC(O)CN(C)C.[H-].[Na+]. The Bertz CT molecular complexity index is 1900. The van der Waals surface area contributed by atoms with Gasteiger partial charge in [-0.3, -0.25) is 0 Å². The first kappa shape index (κ1) is 29.0. The quantitative estimate of drug-likeness (QED) is 0.282. The molecule has 6 rings (SSSR count). The zero-order valence-electron chi connectivity index (χ0n) is 24.9. The van der Waals surface area contributed by atoms with Crippen molar-refractivity contribution >= 4 is 33.3 Å². The zero-order valence-corrected chi connectivity index (χ0v) is 25.9. The fourth-order valence-corrected chi connectivity index (χ4v) is 5.93. The molecule has 0 aliphatic carbocycles. The van der Waals surface area contributed by atoms with Gasteiger partial charge in [0.15, 0.2) is 0 Å². The van der Waals surface area contributed by atoms with Crippen LogP contribution in [0.5, 0.6) is 0 Å². The van der Waals surface area contributed by atoms with Gasteiger partial charge in [0.05, 0.1) is 23.1 Å². The Labute approximate surface area is 262 Å². The fourth-order valence-electron chi connectivity index (χ4n) is 5.93. The first-order chi connectivity index (χ1) is 19.3. The number of aliphatic hydroxyl groups is 1. The predicted octanol–water partition coefficient (Wildman–Crippen LogP) is 2.75. The maximum absolute atomic E-state index is 12.6. The minimum Gasteiger partial charge on any atom is -1.00 e. The maximum atomic E-state index is 12.6. The topological polar surface area (TPSA) is 83.0 Å². The minimum atomic E-state index is -0.975. The van der Waals surface area contributed by atoms with Crippen molar-refractivity contribution in [3.05, 3.63) is 108 Å². The molecule has 0 aliphatic heterocycles. The molecule has 0 spiro atoms. The molecule has 6 aromatic rings. The summed E-state index contributed by atoms with van der Waals surface area (Å²) < 4.78 is 4.19. The van der Waals surface area contributed by atoms with E-state index < -0.39 is 12.1 Å². The van der Waals surface area contributed by atoms with Gasteiger partial charge < -0.3 is 25.5 Å². The summed E-state index contributed by atoms with van der Waals surface area (Å²) in [6.07, 6.45) is 4.14. The molecular formula is C33H33N4NaO3. The molecule has 0 bridgehead atoms. The molecule has 1 atom stereocenters. The molecular weight excluding hydrogens is 523 g/mol. The van der Waals surface area contributed by atoms with Crippen LogP contribution in [0.3, 0.4) is 0 Å². The maximum Gasteiger partial charge on any atom is 1.00 e. The predicted molar refractivity (Wildman–Crippen MR) is 160 cm³/mol. The monoisotopic (exact) mass is 556 g/mol. The van der Waals surface area contributed by atoms with Gasteiger partial charge in [-0.05, 0) is 61.1 Å². The number of nitrogens with zero attached hydrogens (tertiary/aromatic N) is 4. The van der Waals surface area contributed by atoms with Gasteiger partial charge in [0.25, 0.3) is 0 Å². The summed E-state index contributed by atoms with van der Waals surface area (Å²) in [7, 11) is 3.91. The Morgan fingerprint density at radius 3 is 2.59 bits per heavy atom. The number of fused-ring (bicyclic) bond motifs is 3. The summed E-state index contributed by atoms with van der Waals surface area (Å²) in [5.41, 5.74) is 6.54. The van der Waals surface area contributed by atoms with Crippen LogP contribution in [0.2, 0.25) is 0 Å². The van der Waals surface area contributed by atoms with E-state index in [1.807, 2.05) is 85.9 Å². The van der Waals surface area contributed by atoms with Crippen molar-refractivity contribution < 1.29 is 46.0 Å². The molecule has 3 aromatic carbocycles. The molecule has 7 nitrogen and oxygen atoms in total. The van der Waals surface area contributed by atoms with E-state index in [9.17, 15) is 15.0 Å². The fraction of sp³-hybridized carbons (Fsp3) is 0.212. The number of aromatic nitrogens is 3. The van der Waals surface area contributed by atoms with Crippen molar-refractivity contribution in [1.82, 2.24) is 18.9 Å². The molecule has 0 aliphatic rings. The number of carboxylic acids is 1. The Hall–Kier alpha value is -3.46. The number of hydrogen-bond acceptors (Lipinski definition) is 4. The second kappa shape index (κ2) is 11.8. The Morgan fingerprint density at radius 2 is 1.80 bits per heavy atom. The summed E-state index contributed by atoms with van der Waals surface area (Å²) in [6.45, 7) is 3.15. The molecule has 0 radical (unpaired) electrons. The molecule has 0 amide bonds. The van der Waals surface area contributed by atoms with Crippen LogP contribution in [0.4, 0.5) is 0 Å². The second-order valence-electron chi connectivity index (χ2n) is 10.7. The van der Waals surface area contributed by atoms with Crippen LogP contribution in [0.25, 0.3) is 38.6 Å². The zero-order chi connectivity index (χ0) is 28.0. The van der Waals surface area contributed by atoms with Crippen molar-refractivity contribution in [2.24, 2.45) is 0 Å². The van der Waals surface area contributed by atoms with E-state index in [1.165, 1.54) is 0 Å². The number of benzene rings is 3. The Morgan fingerprint density at radius 1 is 1.02 bits per heavy atom. The minimum absolute atomic E-state index is 0. The van der Waals surface area contributed by atoms with E-state index in [0.29, 0.717) is 36.2 Å². The van der Waals surface area contributed by atoms with E-state index in [0.717, 1.165) is 38.8 Å². The molecule has 0 saturated heterocycles. The van der Waals surface area contributed by atoms with E-state index >= 15 is 0 Å². The Kier molecular flexibility index (Phi) is 8.36. The molecule has 1 unspecified atom stereocenters. The second-order valence-corrected chi connectivity index (χ2v) is 10.7. The number of aliphatic hydroxyl groups excluding tert-OH is 1. The number of carbonyl (C=O) groups is 1. The number of aromatic carboxylic acids is 1. The molecule has 8 heteroatoms. The molecule has 204 valence electrons. The van der Waals surface area contributed by atoms with Gasteiger partial charge in [-0.25, -0.2) is 9.78 Å². The average molecular weight is 557 g/mol. The van der Waals surface area contributed by atoms with E-state index in [4.69, 9.17) is 4.98 Å². The van der Waals surface area contributed by atoms with Gasteiger partial charge in [-0.2, -0.15) is 0 Å². The van der Waals surface area contributed by atoms with Crippen LogP contribution in [-0.4, -0.2) is 61.8 Å². The van der Waals surface area contributed by atoms with Crippen LogP contribution in [0, 0.1) is 6.92 Å².